The Hall–Kier alpha value is -7.30. The van der Waals surface area contributed by atoms with Crippen molar-refractivity contribution in [2.75, 3.05) is 11.5 Å². The van der Waals surface area contributed by atoms with Crippen molar-refractivity contribution in [1.29, 1.82) is 10.5 Å². The second-order valence-electron chi connectivity index (χ2n) is 14.0. The lowest BCUT2D eigenvalue weighted by Crippen LogP contribution is -2.36. The van der Waals surface area contributed by atoms with E-state index >= 15 is 8.78 Å². The molecule has 6 aromatic carbocycles. The van der Waals surface area contributed by atoms with E-state index in [-0.39, 0.29) is 58.0 Å². The molecule has 4 N–H and O–H groups in total. The van der Waals surface area contributed by atoms with E-state index in [1.807, 2.05) is 0 Å². The van der Waals surface area contributed by atoms with Crippen molar-refractivity contribution >= 4 is 23.3 Å². The lowest BCUT2D eigenvalue weighted by atomic mass is 9.87. The Bertz CT molecular complexity index is 2450. The molecule has 0 unspecified atom stereocenters. The molecule has 0 radical (unpaired) electrons. The molecule has 6 aromatic rings. The van der Waals surface area contributed by atoms with Crippen LogP contribution in [0, 0.1) is 53.6 Å². The van der Waals surface area contributed by atoms with Crippen molar-refractivity contribution in [2.24, 2.45) is 5.41 Å². The molecule has 0 aliphatic heterocycles. The second-order valence-corrected chi connectivity index (χ2v) is 14.0. The summed E-state index contributed by atoms with van der Waals surface area (Å²) in [5.41, 5.74) is 14.9. The van der Waals surface area contributed by atoms with Crippen LogP contribution in [0.5, 0.6) is 0 Å². The Morgan fingerprint density at radius 3 is 1.26 bits per heavy atom. The van der Waals surface area contributed by atoms with Crippen LogP contribution < -0.4 is 11.5 Å². The Kier molecular flexibility index (Phi) is 11.2. The van der Waals surface area contributed by atoms with Crippen LogP contribution in [0.1, 0.15) is 47.2 Å². The van der Waals surface area contributed by atoms with Gasteiger partial charge < -0.3 is 20.9 Å². The van der Waals surface area contributed by atoms with Gasteiger partial charge in [-0.2, -0.15) is 10.5 Å². The van der Waals surface area contributed by atoms with E-state index in [4.69, 9.17) is 20.9 Å². The number of esters is 2. The average Bonchev–Trinajstić information content (AvgIpc) is 3.21. The van der Waals surface area contributed by atoms with E-state index in [2.05, 4.69) is 12.1 Å². The lowest BCUT2D eigenvalue weighted by Gasteiger charge is -2.23. The first-order valence-electron chi connectivity index (χ1n) is 18.0. The molecule has 0 aromatic heterocycles. The number of ether oxygens (including phenoxy) is 2. The fraction of sp³-hybridized carbons (Fsp3) is 0.149. The minimum absolute atomic E-state index is 0.0107. The van der Waals surface area contributed by atoms with Crippen molar-refractivity contribution < 1.29 is 27.8 Å². The fourth-order valence-electron chi connectivity index (χ4n) is 6.94. The highest BCUT2D eigenvalue weighted by molar-refractivity contribution is 5.99. The minimum atomic E-state index is -1.81. The number of rotatable bonds is 10. The normalized spacial score (nSPS) is 11.0. The van der Waals surface area contributed by atoms with Gasteiger partial charge in [0.05, 0.1) is 22.5 Å². The van der Waals surface area contributed by atoms with Crippen LogP contribution in [-0.4, -0.2) is 11.9 Å². The number of nitrogens with zero attached hydrogens (tertiary/aromatic N) is 2. The Morgan fingerprint density at radius 1 is 0.579 bits per heavy atom. The van der Waals surface area contributed by atoms with Crippen LogP contribution in [0.3, 0.4) is 0 Å². The summed E-state index contributed by atoms with van der Waals surface area (Å²) in [5.74, 6) is -3.11. The number of carbonyl (C=O) groups excluding carboxylic acids is 2. The number of anilines is 2. The van der Waals surface area contributed by atoms with Crippen molar-refractivity contribution in [1.82, 2.24) is 0 Å². The zero-order chi connectivity index (χ0) is 41.0. The molecule has 6 rings (SSSR count). The van der Waals surface area contributed by atoms with E-state index in [1.165, 1.54) is 13.8 Å². The second kappa shape index (κ2) is 16.2. The number of hydrogen-bond acceptors (Lipinski definition) is 8. The molecule has 0 aliphatic carbocycles. The van der Waals surface area contributed by atoms with Gasteiger partial charge in [-0.25, -0.2) is 8.78 Å². The summed E-state index contributed by atoms with van der Waals surface area (Å²) in [6.07, 6.45) is 0. The van der Waals surface area contributed by atoms with Crippen molar-refractivity contribution in [3.05, 3.63) is 154 Å². The Labute approximate surface area is 329 Å². The van der Waals surface area contributed by atoms with E-state index in [9.17, 15) is 20.1 Å². The van der Waals surface area contributed by atoms with Gasteiger partial charge in [0.2, 0.25) is 0 Å². The number of carbonyl (C=O) groups is 2. The van der Waals surface area contributed by atoms with E-state index in [1.54, 1.807) is 123 Å². The molecular weight excluding hydrogens is 723 g/mol. The van der Waals surface area contributed by atoms with Crippen molar-refractivity contribution in [3.63, 3.8) is 0 Å². The molecule has 284 valence electrons. The number of benzene rings is 6. The molecular formula is C47H38F2N4O4. The van der Waals surface area contributed by atoms with Gasteiger partial charge in [-0.05, 0) is 72.2 Å². The third kappa shape index (κ3) is 7.29. The smallest absolute Gasteiger partial charge is 0.323 e. The Balaban J connectivity index is 1.25. The lowest BCUT2D eigenvalue weighted by molar-refractivity contribution is -0.171. The van der Waals surface area contributed by atoms with Gasteiger partial charge in [0.1, 0.15) is 37.0 Å². The summed E-state index contributed by atoms with van der Waals surface area (Å²) in [6.45, 7) is 5.25. The van der Waals surface area contributed by atoms with E-state index in [0.29, 0.717) is 44.5 Å². The topological polar surface area (TPSA) is 152 Å². The van der Waals surface area contributed by atoms with Crippen LogP contribution in [0.4, 0.5) is 20.2 Å². The fourth-order valence-corrected chi connectivity index (χ4v) is 6.94. The van der Waals surface area contributed by atoms with E-state index in [0.717, 1.165) is 0 Å². The highest BCUT2D eigenvalue weighted by atomic mass is 19.1. The third-order valence-electron chi connectivity index (χ3n) is 10.1. The van der Waals surface area contributed by atoms with Gasteiger partial charge in [-0.3, -0.25) is 9.59 Å². The SMILES string of the molecule is Cc1c(C#N)c(N)c(-c2ccccc2COC(=O)C(C)(C)C(=O)OCc2ccccc2-c2c(N)c(C#N)c(C)c(-c3ccccc3)c2F)c(F)c1-c1ccccc1. The predicted molar refractivity (Wildman–Crippen MR) is 216 cm³/mol. The molecule has 0 heterocycles. The molecule has 0 fully saturated rings. The maximum atomic E-state index is 16.5. The quantitative estimate of drug-likeness (QED) is 0.0795. The van der Waals surface area contributed by atoms with Crippen LogP contribution in [0.15, 0.2) is 109 Å². The van der Waals surface area contributed by atoms with E-state index < -0.39 is 29.0 Å². The van der Waals surface area contributed by atoms with Crippen molar-refractivity contribution in [3.8, 4) is 56.6 Å². The summed E-state index contributed by atoms with van der Waals surface area (Å²) < 4.78 is 44.3. The molecule has 0 bridgehead atoms. The van der Waals surface area contributed by atoms with Crippen LogP contribution in [0.2, 0.25) is 0 Å². The van der Waals surface area contributed by atoms with Crippen LogP contribution in [0.25, 0.3) is 44.5 Å². The highest BCUT2D eigenvalue weighted by Crippen LogP contribution is 2.43. The van der Waals surface area contributed by atoms with Crippen LogP contribution >= 0.6 is 0 Å². The first-order valence-corrected chi connectivity index (χ1v) is 18.0. The molecule has 0 spiro atoms. The summed E-state index contributed by atoms with van der Waals surface area (Å²) >= 11 is 0. The van der Waals surface area contributed by atoms with Gasteiger partial charge >= 0.3 is 11.9 Å². The largest absolute Gasteiger partial charge is 0.460 e. The van der Waals surface area contributed by atoms with Gasteiger partial charge in [0.25, 0.3) is 0 Å². The van der Waals surface area contributed by atoms with Gasteiger partial charge in [0.15, 0.2) is 5.41 Å². The number of nitrogens with two attached hydrogens (primary N) is 2. The maximum Gasteiger partial charge on any atom is 0.323 e. The predicted octanol–water partition coefficient (Wildman–Crippen LogP) is 9.97. The van der Waals surface area contributed by atoms with Gasteiger partial charge in [0, 0.05) is 22.3 Å². The van der Waals surface area contributed by atoms with Gasteiger partial charge in [-0.15, -0.1) is 0 Å². The standard InChI is InChI=1S/C47H38F2N4O4/c1-27-35(23-50)43(52)39(41(48)37(27)29-15-7-5-8-16-29)33-21-13-11-19-31(33)25-56-45(54)47(3,4)46(55)57-26-32-20-12-14-22-34(32)40-42(49)38(30-17-9-6-10-18-30)28(2)36(24-51)44(40)53/h5-22H,25-26,52-53H2,1-4H3. The highest BCUT2D eigenvalue weighted by Gasteiger charge is 2.40. The summed E-state index contributed by atoms with van der Waals surface area (Å²) in [4.78, 5) is 27.1. The first-order chi connectivity index (χ1) is 27.3. The monoisotopic (exact) mass is 760 g/mol. The number of nitriles is 2. The zero-order valence-corrected chi connectivity index (χ0v) is 31.7. The molecule has 0 saturated heterocycles. The summed E-state index contributed by atoms with van der Waals surface area (Å²) in [7, 11) is 0. The molecule has 8 nitrogen and oxygen atoms in total. The zero-order valence-electron chi connectivity index (χ0n) is 31.7. The molecule has 0 amide bonds. The van der Waals surface area contributed by atoms with Crippen molar-refractivity contribution in [2.45, 2.75) is 40.9 Å². The molecule has 0 atom stereocenters. The molecule has 0 saturated carbocycles. The third-order valence-corrected chi connectivity index (χ3v) is 10.1. The van der Waals surface area contributed by atoms with Crippen LogP contribution in [-0.2, 0) is 32.3 Å². The number of nitrogen functional groups attached to an aromatic ring is 2. The summed E-state index contributed by atoms with van der Waals surface area (Å²) in [6, 6.07) is 35.0. The molecule has 57 heavy (non-hydrogen) atoms. The minimum Gasteiger partial charge on any atom is -0.460 e. The maximum absolute atomic E-state index is 16.5. The van der Waals surface area contributed by atoms with Gasteiger partial charge in [-0.1, -0.05) is 109 Å². The molecule has 10 heteroatoms. The number of halogens is 2. The molecule has 0 aliphatic rings. The summed E-state index contributed by atoms with van der Waals surface area (Å²) in [5, 5.41) is 20.0. The average molecular weight is 761 g/mol. The Morgan fingerprint density at radius 2 is 0.912 bits per heavy atom. The first kappa shape index (κ1) is 39.4. The number of hydrogen-bond donors (Lipinski definition) is 2.